The van der Waals surface area contributed by atoms with Gasteiger partial charge in [0, 0.05) is 39.0 Å². The number of rotatable bonds is 9. The molecule has 2 aliphatic rings. The van der Waals surface area contributed by atoms with E-state index in [1.807, 2.05) is 37.3 Å². The highest BCUT2D eigenvalue weighted by atomic mass is 32.2. The molecule has 0 unspecified atom stereocenters. The second-order valence-electron chi connectivity index (χ2n) is 7.82. The Balaban J connectivity index is 1.45. The number of sulfonamides is 1. The predicted molar refractivity (Wildman–Crippen MR) is 117 cm³/mol. The van der Waals surface area contributed by atoms with Crippen LogP contribution < -0.4 is 14.8 Å². The minimum Gasteiger partial charge on any atom is -0.490 e. The number of hydrogen-bond acceptors (Lipinski definition) is 4. The summed E-state index contributed by atoms with van der Waals surface area (Å²) < 4.78 is 33.1. The quantitative estimate of drug-likeness (QED) is 0.471. The van der Waals surface area contributed by atoms with Gasteiger partial charge < -0.3 is 15.0 Å². The number of likely N-dealkylation sites (tertiary alicyclic amines) is 1. The zero-order chi connectivity index (χ0) is 20.5. The molecular formula is C21H34N4O3S. The topological polar surface area (TPSA) is 83.0 Å². The number of benzene rings is 1. The number of nitrogens with zero attached hydrogens (tertiary/aromatic N) is 2. The zero-order valence-electron chi connectivity index (χ0n) is 17.3. The van der Waals surface area contributed by atoms with Gasteiger partial charge in [0.1, 0.15) is 11.9 Å². The molecule has 0 spiro atoms. The lowest BCUT2D eigenvalue weighted by atomic mass is 9.86. The Hall–Kier alpha value is -1.80. The molecule has 0 radical (unpaired) electrons. The van der Waals surface area contributed by atoms with Crippen molar-refractivity contribution in [3.63, 3.8) is 0 Å². The molecule has 0 aromatic heterocycles. The average Bonchev–Trinajstić information content (AvgIpc) is 2.67. The molecule has 3 rings (SSSR count). The Morgan fingerprint density at radius 3 is 2.52 bits per heavy atom. The van der Waals surface area contributed by atoms with E-state index in [1.165, 1.54) is 6.42 Å². The fourth-order valence-electron chi connectivity index (χ4n) is 3.59. The highest BCUT2D eigenvalue weighted by Gasteiger charge is 2.23. The van der Waals surface area contributed by atoms with Crippen molar-refractivity contribution in [2.75, 3.05) is 38.5 Å². The van der Waals surface area contributed by atoms with Gasteiger partial charge in [0.05, 0.1) is 12.3 Å². The van der Waals surface area contributed by atoms with Crippen LogP contribution in [0, 0.1) is 5.92 Å². The lowest BCUT2D eigenvalue weighted by Crippen LogP contribution is -2.47. The van der Waals surface area contributed by atoms with Gasteiger partial charge in [-0.1, -0.05) is 24.6 Å². The highest BCUT2D eigenvalue weighted by molar-refractivity contribution is 7.89. The van der Waals surface area contributed by atoms with E-state index < -0.39 is 10.0 Å². The molecule has 8 heteroatoms. The van der Waals surface area contributed by atoms with Gasteiger partial charge in [-0.3, -0.25) is 4.99 Å². The van der Waals surface area contributed by atoms with Crippen LogP contribution in [-0.4, -0.2) is 63.9 Å². The second-order valence-corrected chi connectivity index (χ2v) is 9.74. The highest BCUT2D eigenvalue weighted by Crippen LogP contribution is 2.25. The van der Waals surface area contributed by atoms with E-state index in [4.69, 9.17) is 4.74 Å². The third kappa shape index (κ3) is 7.19. The molecule has 1 saturated heterocycles. The van der Waals surface area contributed by atoms with Crippen molar-refractivity contribution in [1.82, 2.24) is 14.9 Å². The standard InChI is InChI=1S/C21H34N4O3S/c1-2-22-21(23-13-16-29(26,27)24-17-18-7-6-8-18)25-14-11-20(12-15-25)28-19-9-4-3-5-10-19/h3-5,9-10,18,20,24H,2,6-8,11-17H2,1H3,(H,22,23). The minimum absolute atomic E-state index is 0.0300. The van der Waals surface area contributed by atoms with Crippen LogP contribution in [0.15, 0.2) is 35.3 Å². The maximum Gasteiger partial charge on any atom is 0.213 e. The van der Waals surface area contributed by atoms with E-state index in [9.17, 15) is 8.42 Å². The third-order valence-electron chi connectivity index (χ3n) is 5.56. The van der Waals surface area contributed by atoms with E-state index in [2.05, 4.69) is 19.9 Å². The molecule has 0 atom stereocenters. The summed E-state index contributed by atoms with van der Waals surface area (Å²) in [5.41, 5.74) is 0. The Labute approximate surface area is 175 Å². The van der Waals surface area contributed by atoms with Crippen molar-refractivity contribution >= 4 is 16.0 Å². The lowest BCUT2D eigenvalue weighted by Gasteiger charge is -2.34. The number of guanidine groups is 1. The molecule has 7 nitrogen and oxygen atoms in total. The van der Waals surface area contributed by atoms with Crippen LogP contribution in [0.3, 0.4) is 0 Å². The monoisotopic (exact) mass is 422 g/mol. The number of ether oxygens (including phenoxy) is 1. The lowest BCUT2D eigenvalue weighted by molar-refractivity contribution is 0.129. The molecule has 0 amide bonds. The van der Waals surface area contributed by atoms with Crippen LogP contribution in [0.1, 0.15) is 39.0 Å². The van der Waals surface area contributed by atoms with Gasteiger partial charge in [0.25, 0.3) is 0 Å². The predicted octanol–water partition coefficient (Wildman–Crippen LogP) is 2.21. The van der Waals surface area contributed by atoms with Crippen LogP contribution in [-0.2, 0) is 10.0 Å². The Bertz CT molecular complexity index is 742. The number of aliphatic imine (C=N–C) groups is 1. The van der Waals surface area contributed by atoms with Gasteiger partial charge in [-0.2, -0.15) is 0 Å². The summed E-state index contributed by atoms with van der Waals surface area (Å²) in [6.07, 6.45) is 5.52. The van der Waals surface area contributed by atoms with Crippen molar-refractivity contribution in [2.45, 2.75) is 45.1 Å². The van der Waals surface area contributed by atoms with E-state index in [0.717, 1.165) is 57.0 Å². The van der Waals surface area contributed by atoms with Crippen LogP contribution in [0.5, 0.6) is 5.75 Å². The van der Waals surface area contributed by atoms with Crippen molar-refractivity contribution in [3.05, 3.63) is 30.3 Å². The summed E-state index contributed by atoms with van der Waals surface area (Å²) in [4.78, 5) is 6.76. The average molecular weight is 423 g/mol. The summed E-state index contributed by atoms with van der Waals surface area (Å²) in [5.74, 6) is 2.25. The first-order valence-corrected chi connectivity index (χ1v) is 12.4. The molecule has 1 aromatic carbocycles. The molecule has 1 aromatic rings. The summed E-state index contributed by atoms with van der Waals surface area (Å²) in [7, 11) is -3.26. The molecule has 0 bridgehead atoms. The first-order chi connectivity index (χ1) is 14.1. The van der Waals surface area contributed by atoms with Crippen molar-refractivity contribution in [1.29, 1.82) is 0 Å². The number of nitrogens with one attached hydrogen (secondary N) is 2. The molecule has 1 saturated carbocycles. The van der Waals surface area contributed by atoms with Gasteiger partial charge in [-0.05, 0) is 37.8 Å². The van der Waals surface area contributed by atoms with Crippen LogP contribution >= 0.6 is 0 Å². The van der Waals surface area contributed by atoms with Gasteiger partial charge in [-0.15, -0.1) is 0 Å². The van der Waals surface area contributed by atoms with E-state index >= 15 is 0 Å². The molecule has 29 heavy (non-hydrogen) atoms. The van der Waals surface area contributed by atoms with Gasteiger partial charge in [0.2, 0.25) is 10.0 Å². The third-order valence-corrected chi connectivity index (χ3v) is 6.89. The molecule has 1 aliphatic carbocycles. The molecule has 1 heterocycles. The van der Waals surface area contributed by atoms with Crippen molar-refractivity contribution in [2.24, 2.45) is 10.9 Å². The SMILES string of the molecule is CCNC(=NCCS(=O)(=O)NCC1CCC1)N1CCC(Oc2ccccc2)CC1. The summed E-state index contributed by atoms with van der Waals surface area (Å²) in [5, 5.41) is 3.29. The summed E-state index contributed by atoms with van der Waals surface area (Å²) in [6.45, 7) is 5.31. The number of piperidine rings is 1. The second kappa shape index (κ2) is 10.8. The summed E-state index contributed by atoms with van der Waals surface area (Å²) >= 11 is 0. The van der Waals surface area contributed by atoms with E-state index in [0.29, 0.717) is 12.5 Å². The normalized spacial score (nSPS) is 19.1. The van der Waals surface area contributed by atoms with Crippen LogP contribution in [0.2, 0.25) is 0 Å². The maximum absolute atomic E-state index is 12.2. The van der Waals surface area contributed by atoms with Crippen LogP contribution in [0.25, 0.3) is 0 Å². The Morgan fingerprint density at radius 2 is 1.90 bits per heavy atom. The Morgan fingerprint density at radius 1 is 1.17 bits per heavy atom. The fraction of sp³-hybridized carbons (Fsp3) is 0.667. The molecule has 2 fully saturated rings. The Kier molecular flexibility index (Phi) is 8.18. The first kappa shape index (κ1) is 21.9. The minimum atomic E-state index is -3.26. The largest absolute Gasteiger partial charge is 0.490 e. The maximum atomic E-state index is 12.2. The first-order valence-electron chi connectivity index (χ1n) is 10.8. The van der Waals surface area contributed by atoms with Crippen molar-refractivity contribution < 1.29 is 13.2 Å². The molecule has 162 valence electrons. The fourth-order valence-corrected chi connectivity index (χ4v) is 4.55. The number of hydrogen-bond donors (Lipinski definition) is 2. The van der Waals surface area contributed by atoms with Gasteiger partial charge in [-0.25, -0.2) is 13.1 Å². The van der Waals surface area contributed by atoms with Gasteiger partial charge in [0.15, 0.2) is 5.96 Å². The van der Waals surface area contributed by atoms with E-state index in [-0.39, 0.29) is 18.4 Å². The van der Waals surface area contributed by atoms with Crippen molar-refractivity contribution in [3.8, 4) is 5.75 Å². The summed E-state index contributed by atoms with van der Waals surface area (Å²) in [6, 6.07) is 9.91. The number of para-hydroxylation sites is 1. The smallest absolute Gasteiger partial charge is 0.213 e. The van der Waals surface area contributed by atoms with Gasteiger partial charge >= 0.3 is 0 Å². The molecule has 1 aliphatic heterocycles. The zero-order valence-corrected chi connectivity index (χ0v) is 18.2. The molecule has 2 N–H and O–H groups in total. The van der Waals surface area contributed by atoms with E-state index in [1.54, 1.807) is 0 Å². The molecular weight excluding hydrogens is 388 g/mol. The van der Waals surface area contributed by atoms with Crippen LogP contribution in [0.4, 0.5) is 0 Å².